The van der Waals surface area contributed by atoms with Crippen molar-refractivity contribution >= 4 is 5.91 Å². The van der Waals surface area contributed by atoms with Gasteiger partial charge in [0, 0.05) is 12.3 Å². The highest BCUT2D eigenvalue weighted by molar-refractivity contribution is 5.92. The fourth-order valence-electron chi connectivity index (χ4n) is 0.872. The molecule has 0 aromatic carbocycles. The smallest absolute Gasteiger partial charge is 0.250 e. The Balaban J connectivity index is 2.51. The molecule has 1 heterocycles. The van der Waals surface area contributed by atoms with Gasteiger partial charge in [0.05, 0.1) is 12.2 Å². The lowest BCUT2D eigenvalue weighted by Gasteiger charge is -2.03. The topological polar surface area (TPSA) is 91.2 Å². The summed E-state index contributed by atoms with van der Waals surface area (Å²) < 4.78 is 5.24. The molecule has 0 atom stereocenters. The highest BCUT2D eigenvalue weighted by Gasteiger charge is 2.00. The van der Waals surface area contributed by atoms with Crippen LogP contribution < -0.4 is 16.2 Å². The molecule has 0 aliphatic rings. The number of nitrogens with two attached hydrogens (primary N) is 2. The third-order valence-corrected chi connectivity index (χ3v) is 1.62. The number of hydrogen-bond acceptors (Lipinski definition) is 4. The van der Waals surface area contributed by atoms with E-state index in [0.717, 1.165) is 6.42 Å². The summed E-state index contributed by atoms with van der Waals surface area (Å²) in [4.78, 5) is 14.6. The third kappa shape index (κ3) is 3.02. The maximum atomic E-state index is 10.7. The van der Waals surface area contributed by atoms with Crippen LogP contribution in [0.4, 0.5) is 0 Å². The van der Waals surface area contributed by atoms with E-state index in [1.54, 1.807) is 12.1 Å². The fourth-order valence-corrected chi connectivity index (χ4v) is 0.872. The van der Waals surface area contributed by atoms with E-state index < -0.39 is 5.91 Å². The molecule has 0 fully saturated rings. The number of carbonyl (C=O) groups excluding carboxylic acids is 1. The first kappa shape index (κ1) is 10.5. The first-order valence-corrected chi connectivity index (χ1v) is 4.33. The summed E-state index contributed by atoms with van der Waals surface area (Å²) in [5.41, 5.74) is 10.7. The second-order valence-corrected chi connectivity index (χ2v) is 2.74. The standard InChI is InChI=1S/C9H13N3O2/c10-4-1-5-14-8-3-2-7(6-12-8)9(11)13/h2-3,6H,1,4-5,10H2,(H2,11,13). The second kappa shape index (κ2) is 5.18. The van der Waals surface area contributed by atoms with Gasteiger partial charge in [0.15, 0.2) is 0 Å². The lowest BCUT2D eigenvalue weighted by molar-refractivity contribution is 0.1000. The third-order valence-electron chi connectivity index (χ3n) is 1.62. The van der Waals surface area contributed by atoms with E-state index in [0.29, 0.717) is 24.6 Å². The average Bonchev–Trinajstić information content (AvgIpc) is 2.19. The summed E-state index contributed by atoms with van der Waals surface area (Å²) in [6.45, 7) is 1.11. The van der Waals surface area contributed by atoms with E-state index in [1.807, 2.05) is 0 Å². The molecule has 5 heteroatoms. The van der Waals surface area contributed by atoms with Gasteiger partial charge in [0.2, 0.25) is 11.8 Å². The van der Waals surface area contributed by atoms with E-state index in [2.05, 4.69) is 4.98 Å². The van der Waals surface area contributed by atoms with Gasteiger partial charge in [0.1, 0.15) is 0 Å². The van der Waals surface area contributed by atoms with E-state index in [4.69, 9.17) is 16.2 Å². The Morgan fingerprint density at radius 2 is 2.29 bits per heavy atom. The maximum absolute atomic E-state index is 10.7. The second-order valence-electron chi connectivity index (χ2n) is 2.74. The van der Waals surface area contributed by atoms with Gasteiger partial charge < -0.3 is 16.2 Å². The molecule has 14 heavy (non-hydrogen) atoms. The van der Waals surface area contributed by atoms with Gasteiger partial charge in [-0.05, 0) is 19.0 Å². The molecule has 0 radical (unpaired) electrons. The van der Waals surface area contributed by atoms with Crippen LogP contribution in [-0.4, -0.2) is 24.0 Å². The lowest BCUT2D eigenvalue weighted by Crippen LogP contribution is -2.11. The Labute approximate surface area is 82.1 Å². The van der Waals surface area contributed by atoms with E-state index in [-0.39, 0.29) is 0 Å². The number of carbonyl (C=O) groups is 1. The molecule has 1 aromatic rings. The number of pyridine rings is 1. The van der Waals surface area contributed by atoms with E-state index in [1.165, 1.54) is 6.20 Å². The molecule has 0 bridgehead atoms. The largest absolute Gasteiger partial charge is 0.478 e. The first-order valence-electron chi connectivity index (χ1n) is 4.33. The van der Waals surface area contributed by atoms with Crippen molar-refractivity contribution in [3.63, 3.8) is 0 Å². The van der Waals surface area contributed by atoms with Crippen LogP contribution in [0, 0.1) is 0 Å². The molecule has 1 rings (SSSR count). The van der Waals surface area contributed by atoms with Crippen molar-refractivity contribution in [2.45, 2.75) is 6.42 Å². The van der Waals surface area contributed by atoms with Crippen molar-refractivity contribution in [2.24, 2.45) is 11.5 Å². The van der Waals surface area contributed by atoms with Gasteiger partial charge in [-0.2, -0.15) is 0 Å². The molecular weight excluding hydrogens is 182 g/mol. The van der Waals surface area contributed by atoms with Gasteiger partial charge in [-0.15, -0.1) is 0 Å². The summed E-state index contributed by atoms with van der Waals surface area (Å²) in [5.74, 6) is -0.0190. The van der Waals surface area contributed by atoms with Crippen LogP contribution in [0.3, 0.4) is 0 Å². The quantitative estimate of drug-likeness (QED) is 0.642. The van der Waals surface area contributed by atoms with E-state index in [9.17, 15) is 4.79 Å². The zero-order valence-corrected chi connectivity index (χ0v) is 7.77. The average molecular weight is 195 g/mol. The lowest BCUT2D eigenvalue weighted by atomic mass is 10.3. The molecule has 0 aliphatic heterocycles. The van der Waals surface area contributed by atoms with Crippen LogP contribution in [-0.2, 0) is 0 Å². The molecule has 1 aromatic heterocycles. The van der Waals surface area contributed by atoms with Gasteiger partial charge in [-0.3, -0.25) is 4.79 Å². The van der Waals surface area contributed by atoms with Gasteiger partial charge in [-0.1, -0.05) is 0 Å². The van der Waals surface area contributed by atoms with Gasteiger partial charge in [-0.25, -0.2) is 4.98 Å². The summed E-state index contributed by atoms with van der Waals surface area (Å²) in [6, 6.07) is 3.18. The highest BCUT2D eigenvalue weighted by Crippen LogP contribution is 2.06. The number of amides is 1. The molecule has 5 nitrogen and oxygen atoms in total. The minimum atomic E-state index is -0.494. The number of primary amides is 1. The van der Waals surface area contributed by atoms with Crippen LogP contribution in [0.2, 0.25) is 0 Å². The highest BCUT2D eigenvalue weighted by atomic mass is 16.5. The Hall–Kier alpha value is -1.62. The van der Waals surface area contributed by atoms with Crippen LogP contribution in [0.5, 0.6) is 5.88 Å². The molecule has 4 N–H and O–H groups in total. The van der Waals surface area contributed by atoms with Crippen LogP contribution in [0.25, 0.3) is 0 Å². The molecule has 0 spiro atoms. The number of hydrogen-bond donors (Lipinski definition) is 2. The summed E-state index contributed by atoms with van der Waals surface area (Å²) >= 11 is 0. The van der Waals surface area contributed by atoms with Crippen LogP contribution in [0.1, 0.15) is 16.8 Å². The predicted molar refractivity (Wildman–Crippen MR) is 51.9 cm³/mol. The molecule has 0 saturated carbocycles. The summed E-state index contributed by atoms with van der Waals surface area (Å²) in [6.07, 6.45) is 2.17. The molecule has 0 aliphatic carbocycles. The van der Waals surface area contributed by atoms with Crippen molar-refractivity contribution < 1.29 is 9.53 Å². The van der Waals surface area contributed by atoms with Gasteiger partial charge in [0.25, 0.3) is 0 Å². The SMILES string of the molecule is NCCCOc1ccc(C(N)=O)cn1. The van der Waals surface area contributed by atoms with Crippen molar-refractivity contribution in [3.05, 3.63) is 23.9 Å². The number of aromatic nitrogens is 1. The summed E-state index contributed by atoms with van der Waals surface area (Å²) in [7, 11) is 0. The van der Waals surface area contributed by atoms with Gasteiger partial charge >= 0.3 is 0 Å². The minimum Gasteiger partial charge on any atom is -0.478 e. The molecule has 76 valence electrons. The van der Waals surface area contributed by atoms with Crippen molar-refractivity contribution in [2.75, 3.05) is 13.2 Å². The van der Waals surface area contributed by atoms with Crippen LogP contribution in [0.15, 0.2) is 18.3 Å². The van der Waals surface area contributed by atoms with Crippen LogP contribution >= 0.6 is 0 Å². The van der Waals surface area contributed by atoms with Crippen molar-refractivity contribution in [1.29, 1.82) is 0 Å². The first-order chi connectivity index (χ1) is 6.74. The van der Waals surface area contributed by atoms with Crippen molar-refractivity contribution in [3.8, 4) is 5.88 Å². The van der Waals surface area contributed by atoms with E-state index >= 15 is 0 Å². The number of rotatable bonds is 5. The zero-order chi connectivity index (χ0) is 10.4. The Bertz CT molecular complexity index is 297. The maximum Gasteiger partial charge on any atom is 0.250 e. The Morgan fingerprint density at radius 1 is 1.50 bits per heavy atom. The Morgan fingerprint density at radius 3 is 2.79 bits per heavy atom. The molecule has 1 amide bonds. The van der Waals surface area contributed by atoms with Crippen molar-refractivity contribution in [1.82, 2.24) is 4.98 Å². The Kier molecular flexibility index (Phi) is 3.87. The predicted octanol–water partition coefficient (Wildman–Crippen LogP) is -0.0919. The number of ether oxygens (including phenoxy) is 1. The monoisotopic (exact) mass is 195 g/mol. The fraction of sp³-hybridized carbons (Fsp3) is 0.333. The number of nitrogens with zero attached hydrogens (tertiary/aromatic N) is 1. The zero-order valence-electron chi connectivity index (χ0n) is 7.77. The normalized spacial score (nSPS) is 9.79. The molecule has 0 unspecified atom stereocenters. The summed E-state index contributed by atoms with van der Waals surface area (Å²) in [5, 5.41) is 0. The molecule has 0 saturated heterocycles. The molecular formula is C9H13N3O2. The minimum absolute atomic E-state index is 0.371.